The smallest absolute Gasteiger partial charge is 0.422 e. The highest BCUT2D eigenvalue weighted by Gasteiger charge is 2.48. The van der Waals surface area contributed by atoms with Gasteiger partial charge in [0, 0.05) is 6.07 Å². The molecule has 1 amide bonds. The number of carbonyl (C=O) groups excluding carboxylic acids is 1. The van der Waals surface area contributed by atoms with Crippen LogP contribution >= 0.6 is 0 Å². The van der Waals surface area contributed by atoms with E-state index in [2.05, 4.69) is 10.1 Å². The van der Waals surface area contributed by atoms with Gasteiger partial charge in [0.2, 0.25) is 5.91 Å². The lowest BCUT2D eigenvalue weighted by Gasteiger charge is -2.14. The number of anilines is 1. The lowest BCUT2D eigenvalue weighted by molar-refractivity contribution is -0.153. The summed E-state index contributed by atoms with van der Waals surface area (Å²) < 4.78 is 54.0. The van der Waals surface area contributed by atoms with Crippen molar-refractivity contribution in [1.29, 1.82) is 0 Å². The Morgan fingerprint density at radius 2 is 2.00 bits per heavy atom. The normalized spacial score (nSPS) is 20.4. The molecule has 0 bridgehead atoms. The van der Waals surface area contributed by atoms with Gasteiger partial charge < -0.3 is 15.2 Å². The third-order valence-electron chi connectivity index (χ3n) is 3.04. The molecule has 120 valence electrons. The van der Waals surface area contributed by atoms with Crippen LogP contribution in [0, 0.1) is 17.7 Å². The predicted octanol–water partition coefficient (Wildman–Crippen LogP) is 2.43. The van der Waals surface area contributed by atoms with Crippen molar-refractivity contribution in [1.82, 2.24) is 0 Å². The van der Waals surface area contributed by atoms with E-state index in [1.807, 2.05) is 0 Å². The number of hydrogen-bond donors (Lipinski definition) is 2. The molecule has 1 saturated carbocycles. The number of carboxylic acids is 1. The van der Waals surface area contributed by atoms with Crippen LogP contribution in [0.25, 0.3) is 0 Å². The Balaban J connectivity index is 2.07. The Morgan fingerprint density at radius 3 is 2.55 bits per heavy atom. The molecule has 1 aliphatic carbocycles. The number of aliphatic carboxylic acids is 1. The summed E-state index contributed by atoms with van der Waals surface area (Å²) in [5.41, 5.74) is -0.147. The molecular formula is C13H11F4NO4. The third-order valence-corrected chi connectivity index (χ3v) is 3.04. The van der Waals surface area contributed by atoms with Crippen LogP contribution in [0.1, 0.15) is 6.42 Å². The highest BCUT2D eigenvalue weighted by molar-refractivity contribution is 5.99. The van der Waals surface area contributed by atoms with E-state index in [9.17, 15) is 27.2 Å². The van der Waals surface area contributed by atoms with Crippen LogP contribution in [0.3, 0.4) is 0 Å². The summed E-state index contributed by atoms with van der Waals surface area (Å²) in [4.78, 5) is 22.5. The molecule has 2 N–H and O–H groups in total. The van der Waals surface area contributed by atoms with Crippen LogP contribution < -0.4 is 10.1 Å². The first kappa shape index (κ1) is 16.1. The fourth-order valence-electron chi connectivity index (χ4n) is 1.86. The van der Waals surface area contributed by atoms with Gasteiger partial charge in [-0.2, -0.15) is 13.2 Å². The van der Waals surface area contributed by atoms with Crippen molar-refractivity contribution in [3.63, 3.8) is 0 Å². The molecule has 5 nitrogen and oxygen atoms in total. The Bertz CT molecular complexity index is 602. The molecule has 1 aromatic carbocycles. The van der Waals surface area contributed by atoms with E-state index in [0.29, 0.717) is 6.07 Å². The number of carboxylic acid groups (broad SMARTS) is 1. The van der Waals surface area contributed by atoms with Crippen molar-refractivity contribution in [2.45, 2.75) is 12.6 Å². The van der Waals surface area contributed by atoms with E-state index < -0.39 is 48.1 Å². The van der Waals surface area contributed by atoms with Gasteiger partial charge in [-0.3, -0.25) is 9.59 Å². The number of hydrogen-bond acceptors (Lipinski definition) is 3. The second-order valence-electron chi connectivity index (χ2n) is 4.82. The average Bonchev–Trinajstić information content (AvgIpc) is 3.18. The minimum atomic E-state index is -4.61. The number of rotatable bonds is 5. The molecule has 0 spiro atoms. The minimum Gasteiger partial charge on any atom is -0.482 e. The van der Waals surface area contributed by atoms with Crippen LogP contribution in [-0.4, -0.2) is 29.8 Å². The van der Waals surface area contributed by atoms with E-state index >= 15 is 0 Å². The molecule has 0 unspecified atom stereocenters. The number of alkyl halides is 3. The number of nitrogens with one attached hydrogen (secondary N) is 1. The fourth-order valence-corrected chi connectivity index (χ4v) is 1.86. The molecule has 1 aromatic rings. The van der Waals surface area contributed by atoms with Crippen molar-refractivity contribution in [3.05, 3.63) is 24.0 Å². The number of amides is 1. The number of ether oxygens (including phenoxy) is 1. The van der Waals surface area contributed by atoms with Gasteiger partial charge in [-0.05, 0) is 18.6 Å². The van der Waals surface area contributed by atoms with Crippen molar-refractivity contribution in [3.8, 4) is 5.75 Å². The number of halogens is 4. The standard InChI is InChI=1S/C13H11F4NO4/c14-6-1-2-9(10(3-6)22-5-13(15,16)17)18-11(19)7-4-8(7)12(20)21/h1-3,7-8H,4-5H2,(H,18,19)(H,20,21)/t7-,8+/m1/s1. The van der Waals surface area contributed by atoms with Crippen molar-refractivity contribution in [2.24, 2.45) is 11.8 Å². The Kier molecular flexibility index (Phi) is 4.25. The molecule has 0 aromatic heterocycles. The van der Waals surface area contributed by atoms with Gasteiger partial charge in [-0.25, -0.2) is 4.39 Å². The number of benzene rings is 1. The van der Waals surface area contributed by atoms with Crippen LogP contribution in [0.2, 0.25) is 0 Å². The summed E-state index contributed by atoms with van der Waals surface area (Å²) in [7, 11) is 0. The van der Waals surface area contributed by atoms with E-state index in [0.717, 1.165) is 12.1 Å². The van der Waals surface area contributed by atoms with E-state index in [1.165, 1.54) is 0 Å². The first-order valence-electron chi connectivity index (χ1n) is 6.20. The first-order valence-corrected chi connectivity index (χ1v) is 6.20. The maximum atomic E-state index is 13.1. The minimum absolute atomic E-state index is 0.147. The zero-order valence-corrected chi connectivity index (χ0v) is 11.0. The molecule has 22 heavy (non-hydrogen) atoms. The maximum Gasteiger partial charge on any atom is 0.422 e. The van der Waals surface area contributed by atoms with Crippen molar-refractivity contribution < 1.29 is 37.0 Å². The number of carbonyl (C=O) groups is 2. The second-order valence-corrected chi connectivity index (χ2v) is 4.82. The Morgan fingerprint density at radius 1 is 1.32 bits per heavy atom. The Hall–Kier alpha value is -2.32. The second kappa shape index (κ2) is 5.82. The average molecular weight is 321 g/mol. The zero-order chi connectivity index (χ0) is 16.5. The van der Waals surface area contributed by atoms with E-state index in [-0.39, 0.29) is 12.1 Å². The van der Waals surface area contributed by atoms with Crippen LogP contribution in [-0.2, 0) is 9.59 Å². The molecule has 0 heterocycles. The topological polar surface area (TPSA) is 75.6 Å². The van der Waals surface area contributed by atoms with Crippen LogP contribution in [0.4, 0.5) is 23.2 Å². The molecular weight excluding hydrogens is 310 g/mol. The van der Waals surface area contributed by atoms with Crippen molar-refractivity contribution >= 4 is 17.6 Å². The fraction of sp³-hybridized carbons (Fsp3) is 0.385. The predicted molar refractivity (Wildman–Crippen MR) is 65.8 cm³/mol. The van der Waals surface area contributed by atoms with Gasteiger partial charge in [0.1, 0.15) is 11.6 Å². The van der Waals surface area contributed by atoms with Crippen LogP contribution in [0.5, 0.6) is 5.75 Å². The van der Waals surface area contributed by atoms with Gasteiger partial charge in [0.25, 0.3) is 0 Å². The largest absolute Gasteiger partial charge is 0.482 e. The molecule has 2 rings (SSSR count). The summed E-state index contributed by atoms with van der Waals surface area (Å²) in [5, 5.41) is 11.0. The summed E-state index contributed by atoms with van der Waals surface area (Å²) in [6.07, 6.45) is -4.46. The molecule has 0 radical (unpaired) electrons. The van der Waals surface area contributed by atoms with Gasteiger partial charge in [-0.15, -0.1) is 0 Å². The lowest BCUT2D eigenvalue weighted by Crippen LogP contribution is -2.21. The quantitative estimate of drug-likeness (QED) is 0.817. The molecule has 0 aliphatic heterocycles. The summed E-state index contributed by atoms with van der Waals surface area (Å²) >= 11 is 0. The summed E-state index contributed by atoms with van der Waals surface area (Å²) in [5.74, 6) is -4.63. The van der Waals surface area contributed by atoms with Gasteiger partial charge >= 0.3 is 12.1 Å². The van der Waals surface area contributed by atoms with Gasteiger partial charge in [0.05, 0.1) is 17.5 Å². The first-order chi connectivity index (χ1) is 10.2. The molecule has 2 atom stereocenters. The Labute approximate surface area is 121 Å². The van der Waals surface area contributed by atoms with Gasteiger partial charge in [-0.1, -0.05) is 0 Å². The van der Waals surface area contributed by atoms with E-state index in [1.54, 1.807) is 0 Å². The SMILES string of the molecule is O=C(O)[C@H]1C[C@H]1C(=O)Nc1ccc(F)cc1OCC(F)(F)F. The third kappa shape index (κ3) is 4.09. The molecule has 9 heteroatoms. The monoisotopic (exact) mass is 321 g/mol. The van der Waals surface area contributed by atoms with Crippen LogP contribution in [0.15, 0.2) is 18.2 Å². The lowest BCUT2D eigenvalue weighted by atomic mass is 10.2. The zero-order valence-electron chi connectivity index (χ0n) is 11.0. The molecule has 1 aliphatic rings. The molecule has 1 fully saturated rings. The highest BCUT2D eigenvalue weighted by atomic mass is 19.4. The summed E-state index contributed by atoms with van der Waals surface area (Å²) in [6, 6.07) is 2.71. The molecule has 0 saturated heterocycles. The van der Waals surface area contributed by atoms with E-state index in [4.69, 9.17) is 5.11 Å². The van der Waals surface area contributed by atoms with Gasteiger partial charge in [0.15, 0.2) is 6.61 Å². The maximum absolute atomic E-state index is 13.1. The van der Waals surface area contributed by atoms with Crippen molar-refractivity contribution in [2.75, 3.05) is 11.9 Å². The summed E-state index contributed by atoms with van der Waals surface area (Å²) in [6.45, 7) is -1.64. The highest BCUT2D eigenvalue weighted by Crippen LogP contribution is 2.40.